The predicted molar refractivity (Wildman–Crippen MR) is 66.2 cm³/mol. The molecule has 0 bridgehead atoms. The summed E-state index contributed by atoms with van der Waals surface area (Å²) in [6.07, 6.45) is 2.97. The van der Waals surface area contributed by atoms with Crippen molar-refractivity contribution in [2.45, 2.75) is 39.4 Å². The number of methoxy groups -OCH3 is 2. The number of nitrogens with zero attached hydrogens (tertiary/aromatic N) is 1. The number of hydrogen-bond acceptors (Lipinski definition) is 4. The fourth-order valence-corrected chi connectivity index (χ4v) is 1.85. The van der Waals surface area contributed by atoms with E-state index in [1.165, 1.54) is 0 Å². The first-order valence-corrected chi connectivity index (χ1v) is 5.78. The maximum absolute atomic E-state index is 9.38. The lowest BCUT2D eigenvalue weighted by molar-refractivity contribution is 0.178. The van der Waals surface area contributed by atoms with Crippen LogP contribution in [0.15, 0.2) is 6.20 Å². The summed E-state index contributed by atoms with van der Waals surface area (Å²) in [5, 5.41) is 9.38. The number of hydrogen-bond donors (Lipinski definition) is 1. The Morgan fingerprint density at radius 1 is 1.41 bits per heavy atom. The molecule has 1 aromatic heterocycles. The Labute approximate surface area is 103 Å². The van der Waals surface area contributed by atoms with Gasteiger partial charge in [-0.25, -0.2) is 0 Å². The fraction of sp³-hybridized carbons (Fsp3) is 0.615. The monoisotopic (exact) mass is 239 g/mol. The molecule has 0 aromatic carbocycles. The van der Waals surface area contributed by atoms with Crippen LogP contribution in [0.1, 0.15) is 30.2 Å². The molecule has 0 aliphatic rings. The van der Waals surface area contributed by atoms with Gasteiger partial charge in [0.05, 0.1) is 25.5 Å². The lowest BCUT2D eigenvalue weighted by atomic mass is 10.0. The van der Waals surface area contributed by atoms with Gasteiger partial charge in [-0.2, -0.15) is 0 Å². The molecule has 4 heteroatoms. The van der Waals surface area contributed by atoms with E-state index in [-0.39, 0.29) is 6.10 Å². The molecule has 0 saturated carbocycles. The molecule has 1 unspecified atom stereocenters. The molecule has 1 atom stereocenters. The van der Waals surface area contributed by atoms with Crippen LogP contribution in [-0.4, -0.2) is 30.4 Å². The van der Waals surface area contributed by atoms with Gasteiger partial charge in [0.15, 0.2) is 0 Å². The SMILES string of the molecule is COCc1cnc(C)c(OC)c1CCC(C)O. The van der Waals surface area contributed by atoms with E-state index in [9.17, 15) is 5.11 Å². The molecule has 0 aliphatic heterocycles. The van der Waals surface area contributed by atoms with Crippen LogP contribution < -0.4 is 4.74 Å². The fourth-order valence-electron chi connectivity index (χ4n) is 1.85. The number of aryl methyl sites for hydroxylation is 1. The molecule has 0 saturated heterocycles. The summed E-state index contributed by atoms with van der Waals surface area (Å²) >= 11 is 0. The molecule has 0 aliphatic carbocycles. The molecule has 0 spiro atoms. The molecule has 0 radical (unpaired) electrons. The average molecular weight is 239 g/mol. The number of rotatable bonds is 6. The zero-order valence-corrected chi connectivity index (χ0v) is 11.0. The molecule has 1 heterocycles. The molecular formula is C13H21NO3. The van der Waals surface area contributed by atoms with Gasteiger partial charge in [0.2, 0.25) is 0 Å². The van der Waals surface area contributed by atoms with E-state index >= 15 is 0 Å². The molecule has 4 nitrogen and oxygen atoms in total. The highest BCUT2D eigenvalue weighted by Gasteiger charge is 2.13. The molecule has 0 amide bonds. The van der Waals surface area contributed by atoms with Crippen LogP contribution in [0.25, 0.3) is 0 Å². The number of aliphatic hydroxyl groups is 1. The smallest absolute Gasteiger partial charge is 0.143 e. The van der Waals surface area contributed by atoms with E-state index in [2.05, 4.69) is 4.98 Å². The normalized spacial score (nSPS) is 12.5. The lowest BCUT2D eigenvalue weighted by Crippen LogP contribution is -2.07. The van der Waals surface area contributed by atoms with E-state index in [1.54, 1.807) is 21.1 Å². The van der Waals surface area contributed by atoms with Gasteiger partial charge in [0, 0.05) is 24.4 Å². The third kappa shape index (κ3) is 3.68. The Morgan fingerprint density at radius 2 is 2.12 bits per heavy atom. The summed E-state index contributed by atoms with van der Waals surface area (Å²) in [7, 11) is 3.30. The van der Waals surface area contributed by atoms with Crippen LogP contribution in [0.2, 0.25) is 0 Å². The van der Waals surface area contributed by atoms with E-state index in [1.807, 2.05) is 13.1 Å². The third-order valence-electron chi connectivity index (χ3n) is 2.72. The standard InChI is InChI=1S/C13H21NO3/c1-9(15)5-6-12-11(8-16-3)7-14-10(2)13(12)17-4/h7,9,15H,5-6,8H2,1-4H3. The quantitative estimate of drug-likeness (QED) is 0.823. The van der Waals surface area contributed by atoms with Crippen LogP contribution in [-0.2, 0) is 17.8 Å². The summed E-state index contributed by atoms with van der Waals surface area (Å²) in [6.45, 7) is 4.22. The van der Waals surface area contributed by atoms with Gasteiger partial charge in [-0.1, -0.05) is 0 Å². The van der Waals surface area contributed by atoms with Crippen molar-refractivity contribution in [2.24, 2.45) is 0 Å². The van der Waals surface area contributed by atoms with Crippen LogP contribution in [0.3, 0.4) is 0 Å². The second-order valence-corrected chi connectivity index (χ2v) is 4.20. The second kappa shape index (κ2) is 6.57. The first-order valence-electron chi connectivity index (χ1n) is 5.78. The van der Waals surface area contributed by atoms with Gasteiger partial charge in [0.25, 0.3) is 0 Å². The summed E-state index contributed by atoms with van der Waals surface area (Å²) in [6, 6.07) is 0. The molecule has 0 fully saturated rings. The number of ether oxygens (including phenoxy) is 2. The first-order chi connectivity index (χ1) is 8.10. The second-order valence-electron chi connectivity index (χ2n) is 4.20. The van der Waals surface area contributed by atoms with Crippen molar-refractivity contribution in [3.8, 4) is 5.75 Å². The predicted octanol–water partition coefficient (Wildman–Crippen LogP) is 1.86. The van der Waals surface area contributed by atoms with Crippen LogP contribution in [0, 0.1) is 6.92 Å². The number of aromatic nitrogens is 1. The highest BCUT2D eigenvalue weighted by atomic mass is 16.5. The van der Waals surface area contributed by atoms with Crippen molar-refractivity contribution < 1.29 is 14.6 Å². The summed E-state index contributed by atoms with van der Waals surface area (Å²) in [4.78, 5) is 4.29. The van der Waals surface area contributed by atoms with Crippen LogP contribution >= 0.6 is 0 Å². The van der Waals surface area contributed by atoms with Crippen LogP contribution in [0.4, 0.5) is 0 Å². The summed E-state index contributed by atoms with van der Waals surface area (Å²) < 4.78 is 10.6. The van der Waals surface area contributed by atoms with Crippen molar-refractivity contribution in [1.29, 1.82) is 0 Å². The zero-order valence-electron chi connectivity index (χ0n) is 11.0. The molecule has 17 heavy (non-hydrogen) atoms. The topological polar surface area (TPSA) is 51.6 Å². The van der Waals surface area contributed by atoms with Crippen molar-refractivity contribution in [3.63, 3.8) is 0 Å². The van der Waals surface area contributed by atoms with E-state index in [0.717, 1.165) is 29.0 Å². The Bertz CT molecular complexity index is 364. The number of aliphatic hydroxyl groups excluding tert-OH is 1. The Balaban J connectivity index is 3.05. The highest BCUT2D eigenvalue weighted by molar-refractivity contribution is 5.41. The molecule has 96 valence electrons. The largest absolute Gasteiger partial charge is 0.495 e. The van der Waals surface area contributed by atoms with Gasteiger partial charge < -0.3 is 14.6 Å². The minimum Gasteiger partial charge on any atom is -0.495 e. The molecule has 1 N–H and O–H groups in total. The van der Waals surface area contributed by atoms with Gasteiger partial charge in [-0.15, -0.1) is 0 Å². The van der Waals surface area contributed by atoms with Crippen molar-refractivity contribution >= 4 is 0 Å². The van der Waals surface area contributed by atoms with E-state index in [0.29, 0.717) is 13.0 Å². The zero-order chi connectivity index (χ0) is 12.8. The van der Waals surface area contributed by atoms with Crippen molar-refractivity contribution in [1.82, 2.24) is 4.98 Å². The first kappa shape index (κ1) is 13.9. The number of pyridine rings is 1. The maximum Gasteiger partial charge on any atom is 0.143 e. The third-order valence-corrected chi connectivity index (χ3v) is 2.72. The van der Waals surface area contributed by atoms with Gasteiger partial charge in [0.1, 0.15) is 5.75 Å². The minimum atomic E-state index is -0.316. The Morgan fingerprint density at radius 3 is 2.65 bits per heavy atom. The lowest BCUT2D eigenvalue weighted by Gasteiger charge is -2.15. The Kier molecular flexibility index (Phi) is 5.38. The molecule has 1 aromatic rings. The van der Waals surface area contributed by atoms with E-state index in [4.69, 9.17) is 9.47 Å². The maximum atomic E-state index is 9.38. The Hall–Kier alpha value is -1.13. The van der Waals surface area contributed by atoms with E-state index < -0.39 is 0 Å². The minimum absolute atomic E-state index is 0.316. The molecular weight excluding hydrogens is 218 g/mol. The van der Waals surface area contributed by atoms with Crippen molar-refractivity contribution in [2.75, 3.05) is 14.2 Å². The van der Waals surface area contributed by atoms with Crippen molar-refractivity contribution in [3.05, 3.63) is 23.0 Å². The van der Waals surface area contributed by atoms with Crippen LogP contribution in [0.5, 0.6) is 5.75 Å². The summed E-state index contributed by atoms with van der Waals surface area (Å²) in [5.74, 6) is 0.806. The summed E-state index contributed by atoms with van der Waals surface area (Å²) in [5.41, 5.74) is 2.98. The van der Waals surface area contributed by atoms with Gasteiger partial charge >= 0.3 is 0 Å². The van der Waals surface area contributed by atoms with Gasteiger partial charge in [-0.3, -0.25) is 4.98 Å². The highest BCUT2D eigenvalue weighted by Crippen LogP contribution is 2.27. The van der Waals surface area contributed by atoms with Gasteiger partial charge in [-0.05, 0) is 26.7 Å². The average Bonchev–Trinajstić information content (AvgIpc) is 2.29. The molecule has 1 rings (SSSR count).